The zero-order valence-corrected chi connectivity index (χ0v) is 23.5. The lowest BCUT2D eigenvalue weighted by atomic mass is 9.94. The van der Waals surface area contributed by atoms with Crippen molar-refractivity contribution in [2.75, 3.05) is 13.1 Å². The molecule has 5 rings (SSSR count). The third-order valence-electron chi connectivity index (χ3n) is 6.57. The predicted octanol–water partition coefficient (Wildman–Crippen LogP) is 7.53. The first-order chi connectivity index (χ1) is 19.1. The maximum Gasteiger partial charge on any atom is 0.156 e. The molecule has 6 nitrogen and oxygen atoms in total. The van der Waals surface area contributed by atoms with Crippen LogP contribution < -0.4 is 0 Å². The van der Waals surface area contributed by atoms with E-state index in [9.17, 15) is 4.39 Å². The number of rotatable bonds is 10. The number of nitrogens with one attached hydrogen (secondary N) is 2. The number of imidazole rings is 1. The summed E-state index contributed by atoms with van der Waals surface area (Å²) in [6.45, 7) is 11.5. The van der Waals surface area contributed by atoms with Crippen molar-refractivity contribution in [3.8, 4) is 11.5 Å². The molecule has 0 bridgehead atoms. The van der Waals surface area contributed by atoms with Gasteiger partial charge in [0.25, 0.3) is 0 Å². The van der Waals surface area contributed by atoms with Gasteiger partial charge in [-0.1, -0.05) is 58.1 Å². The van der Waals surface area contributed by atoms with Gasteiger partial charge in [-0.05, 0) is 73.7 Å². The quantitative estimate of drug-likeness (QED) is 0.224. The molecule has 0 aliphatic heterocycles. The van der Waals surface area contributed by atoms with Crippen LogP contribution in [0.5, 0.6) is 0 Å². The third kappa shape index (κ3) is 6.98. The highest BCUT2D eigenvalue weighted by Gasteiger charge is 2.21. The number of aromatic nitrogens is 5. The van der Waals surface area contributed by atoms with Crippen LogP contribution in [0.15, 0.2) is 55.0 Å². The topological polar surface area (TPSA) is 73.5 Å². The second-order valence-electron chi connectivity index (χ2n) is 9.52. The molecule has 0 saturated carbocycles. The molecule has 0 saturated heterocycles. The zero-order chi connectivity index (χ0) is 27.6. The number of hydrogen-bond donors (Lipinski definition) is 2. The van der Waals surface area contributed by atoms with Crippen LogP contribution in [0, 0.1) is 5.82 Å². The minimum absolute atomic E-state index is 0.246. The van der Waals surface area contributed by atoms with Crippen LogP contribution in [0.2, 0.25) is 0 Å². The number of H-pyrrole nitrogens is 2. The van der Waals surface area contributed by atoms with Crippen molar-refractivity contribution < 1.29 is 4.39 Å². The predicted molar refractivity (Wildman–Crippen MR) is 158 cm³/mol. The lowest BCUT2D eigenvalue weighted by Gasteiger charge is -2.20. The highest BCUT2D eigenvalue weighted by molar-refractivity contribution is 5.82. The zero-order valence-electron chi connectivity index (χ0n) is 23.5. The first-order valence-electron chi connectivity index (χ1n) is 14.1. The van der Waals surface area contributed by atoms with E-state index in [1.165, 1.54) is 11.6 Å². The Hall–Kier alpha value is -3.84. The van der Waals surface area contributed by atoms with Crippen molar-refractivity contribution in [2.45, 2.75) is 59.9 Å². The van der Waals surface area contributed by atoms with Gasteiger partial charge in [0.15, 0.2) is 5.82 Å². The van der Waals surface area contributed by atoms with E-state index in [-0.39, 0.29) is 5.82 Å². The number of hydrogen-bond acceptors (Lipinski definition) is 4. The summed E-state index contributed by atoms with van der Waals surface area (Å²) in [7, 11) is 0. The molecule has 3 heterocycles. The van der Waals surface area contributed by atoms with Gasteiger partial charge in [-0.25, -0.2) is 9.37 Å². The van der Waals surface area contributed by atoms with Crippen LogP contribution in [0.1, 0.15) is 80.6 Å². The molecule has 39 heavy (non-hydrogen) atoms. The molecular formula is C32H39FN6. The summed E-state index contributed by atoms with van der Waals surface area (Å²) in [5, 5.41) is 7.38. The largest absolute Gasteiger partial charge is 0.340 e. The van der Waals surface area contributed by atoms with E-state index >= 15 is 0 Å². The summed E-state index contributed by atoms with van der Waals surface area (Å²) >= 11 is 0. The maximum atomic E-state index is 13.9. The van der Waals surface area contributed by atoms with Gasteiger partial charge in [0.1, 0.15) is 11.5 Å². The molecule has 0 fully saturated rings. The van der Waals surface area contributed by atoms with E-state index in [0.717, 1.165) is 90.5 Å². The fraction of sp³-hybridized carbons (Fsp3) is 0.344. The highest BCUT2D eigenvalue weighted by atomic mass is 19.1. The molecule has 0 amide bonds. The molecule has 0 radical (unpaired) electrons. The number of fused-ring (bicyclic) bond motifs is 1. The van der Waals surface area contributed by atoms with Gasteiger partial charge in [0.2, 0.25) is 0 Å². The molecule has 1 aliphatic rings. The van der Waals surface area contributed by atoms with Gasteiger partial charge in [0, 0.05) is 35.8 Å². The molecule has 204 valence electrons. The van der Waals surface area contributed by atoms with Crippen molar-refractivity contribution >= 4 is 17.7 Å². The summed E-state index contributed by atoms with van der Waals surface area (Å²) in [4.78, 5) is 15.3. The Kier molecular flexibility index (Phi) is 9.97. The summed E-state index contributed by atoms with van der Waals surface area (Å²) in [5.74, 6) is 0.484. The van der Waals surface area contributed by atoms with Crippen molar-refractivity contribution in [3.05, 3.63) is 94.5 Å². The van der Waals surface area contributed by atoms with Crippen molar-refractivity contribution in [1.82, 2.24) is 30.0 Å². The second kappa shape index (κ2) is 13.8. The fourth-order valence-electron chi connectivity index (χ4n) is 4.94. The number of aryl methyl sites for hydroxylation is 1. The van der Waals surface area contributed by atoms with E-state index in [2.05, 4.69) is 57.1 Å². The smallest absolute Gasteiger partial charge is 0.156 e. The van der Waals surface area contributed by atoms with Crippen LogP contribution in [0.25, 0.3) is 29.2 Å². The van der Waals surface area contributed by atoms with Crippen LogP contribution in [-0.4, -0.2) is 43.1 Å². The van der Waals surface area contributed by atoms with Gasteiger partial charge in [-0.15, -0.1) is 0 Å². The molecule has 1 aromatic carbocycles. The molecule has 3 aromatic heterocycles. The number of aromatic amines is 2. The Morgan fingerprint density at radius 3 is 2.62 bits per heavy atom. The molecule has 2 N–H and O–H groups in total. The van der Waals surface area contributed by atoms with Crippen LogP contribution in [-0.2, 0) is 13.0 Å². The first kappa shape index (κ1) is 28.2. The Morgan fingerprint density at radius 2 is 1.85 bits per heavy atom. The fourth-order valence-corrected chi connectivity index (χ4v) is 4.94. The Labute approximate surface area is 231 Å². The first-order valence-corrected chi connectivity index (χ1v) is 14.1. The van der Waals surface area contributed by atoms with Crippen LogP contribution in [0.4, 0.5) is 4.39 Å². The van der Waals surface area contributed by atoms with Crippen molar-refractivity contribution in [1.29, 1.82) is 0 Å². The summed E-state index contributed by atoms with van der Waals surface area (Å²) < 4.78 is 13.9. The van der Waals surface area contributed by atoms with Gasteiger partial charge in [-0.3, -0.25) is 15.0 Å². The SMILES string of the molecule is CC.CCCN(CCC)Cc1cncc(/C=C/c2cn[nH]c2-c2nc3c([nH]2)CCC=C3c2cccc(F)c2)c1. The lowest BCUT2D eigenvalue weighted by Crippen LogP contribution is -2.24. The van der Waals surface area contributed by atoms with Crippen LogP contribution >= 0.6 is 0 Å². The van der Waals surface area contributed by atoms with E-state index in [4.69, 9.17) is 4.98 Å². The van der Waals surface area contributed by atoms with E-state index < -0.39 is 0 Å². The minimum atomic E-state index is -0.246. The summed E-state index contributed by atoms with van der Waals surface area (Å²) in [5.41, 5.74) is 7.76. The average molecular weight is 527 g/mol. The number of pyridine rings is 1. The van der Waals surface area contributed by atoms with E-state index in [1.54, 1.807) is 18.3 Å². The number of halogens is 1. The van der Waals surface area contributed by atoms with Crippen molar-refractivity contribution in [3.63, 3.8) is 0 Å². The normalized spacial score (nSPS) is 12.8. The lowest BCUT2D eigenvalue weighted by molar-refractivity contribution is 0.266. The minimum Gasteiger partial charge on any atom is -0.340 e. The van der Waals surface area contributed by atoms with Gasteiger partial charge in [-0.2, -0.15) is 5.10 Å². The molecular weight excluding hydrogens is 487 g/mol. The third-order valence-corrected chi connectivity index (χ3v) is 6.57. The second-order valence-corrected chi connectivity index (χ2v) is 9.52. The maximum absolute atomic E-state index is 13.9. The number of allylic oxidation sites excluding steroid dienone is 1. The van der Waals surface area contributed by atoms with Gasteiger partial charge < -0.3 is 4.98 Å². The summed E-state index contributed by atoms with van der Waals surface area (Å²) in [6, 6.07) is 8.88. The van der Waals surface area contributed by atoms with Crippen LogP contribution in [0.3, 0.4) is 0 Å². The average Bonchev–Trinajstić information content (AvgIpc) is 3.60. The number of benzene rings is 1. The Morgan fingerprint density at radius 1 is 1.03 bits per heavy atom. The highest BCUT2D eigenvalue weighted by Crippen LogP contribution is 2.33. The van der Waals surface area contributed by atoms with Gasteiger partial charge in [0.05, 0.1) is 11.9 Å². The van der Waals surface area contributed by atoms with Crippen molar-refractivity contribution in [2.24, 2.45) is 0 Å². The Balaban J connectivity index is 0.00000172. The van der Waals surface area contributed by atoms with Gasteiger partial charge >= 0.3 is 0 Å². The standard InChI is InChI=1S/C30H33FN6.C2H6/c1-3-13-37(14-4-2)20-22-15-21(17-32-18-22)11-12-24-19-33-36-28(24)30-34-27-10-6-9-26(29(27)35-30)23-7-5-8-25(31)16-23;1-2/h5,7-9,11-12,15-19H,3-4,6,10,13-14,20H2,1-2H3,(H,33,36)(H,34,35);1-2H3/b12-11+;. The van der Waals surface area contributed by atoms with E-state index in [0.29, 0.717) is 0 Å². The molecule has 7 heteroatoms. The molecule has 0 atom stereocenters. The monoisotopic (exact) mass is 526 g/mol. The Bertz CT molecular complexity index is 1410. The number of nitrogens with zero attached hydrogens (tertiary/aromatic N) is 4. The summed E-state index contributed by atoms with van der Waals surface area (Å²) in [6.07, 6.45) is 15.9. The molecule has 0 spiro atoms. The van der Waals surface area contributed by atoms with E-state index in [1.807, 2.05) is 38.4 Å². The molecule has 0 unspecified atom stereocenters. The molecule has 4 aromatic rings. The molecule has 1 aliphatic carbocycles.